The molecule has 2 unspecified atom stereocenters. The van der Waals surface area contributed by atoms with E-state index in [1.807, 2.05) is 0 Å². The van der Waals surface area contributed by atoms with Gasteiger partial charge < -0.3 is 14.2 Å². The zero-order valence-corrected chi connectivity index (χ0v) is 9.04. The lowest BCUT2D eigenvalue weighted by Gasteiger charge is -2.46. The lowest BCUT2D eigenvalue weighted by Crippen LogP contribution is -2.53. The molecule has 0 aromatic heterocycles. The van der Waals surface area contributed by atoms with Crippen LogP contribution >= 0.6 is 0 Å². The summed E-state index contributed by atoms with van der Waals surface area (Å²) in [6, 6.07) is 0. The first kappa shape index (κ1) is 9.82. The second kappa shape index (κ2) is 3.58. The Balaban J connectivity index is 1.82. The molecule has 3 heteroatoms. The SMILES string of the molecule is C=C1COC2C(CCCC23OCCO3)C1. The first-order valence-electron chi connectivity index (χ1n) is 5.86. The van der Waals surface area contributed by atoms with E-state index < -0.39 is 5.79 Å². The molecule has 0 aromatic rings. The topological polar surface area (TPSA) is 27.7 Å². The van der Waals surface area contributed by atoms with Gasteiger partial charge in [0.15, 0.2) is 5.79 Å². The third-order valence-corrected chi connectivity index (χ3v) is 3.76. The Morgan fingerprint density at radius 2 is 2.07 bits per heavy atom. The molecular weight excluding hydrogens is 192 g/mol. The Kier molecular flexibility index (Phi) is 2.34. The van der Waals surface area contributed by atoms with Crippen LogP contribution in [0.2, 0.25) is 0 Å². The van der Waals surface area contributed by atoms with E-state index in [1.165, 1.54) is 18.4 Å². The monoisotopic (exact) mass is 210 g/mol. The molecule has 3 fully saturated rings. The molecule has 2 aliphatic heterocycles. The molecule has 3 rings (SSSR count). The predicted octanol–water partition coefficient (Wildman–Crippen LogP) is 1.87. The van der Waals surface area contributed by atoms with E-state index in [4.69, 9.17) is 14.2 Å². The lowest BCUT2D eigenvalue weighted by molar-refractivity contribution is -0.267. The number of rotatable bonds is 0. The van der Waals surface area contributed by atoms with E-state index in [1.54, 1.807) is 0 Å². The third kappa shape index (κ3) is 1.53. The normalized spacial score (nSPS) is 39.3. The molecule has 1 aliphatic carbocycles. The number of hydrogen-bond acceptors (Lipinski definition) is 3. The highest BCUT2D eigenvalue weighted by atomic mass is 16.8. The highest BCUT2D eigenvalue weighted by Gasteiger charge is 2.52. The molecule has 2 atom stereocenters. The van der Waals surface area contributed by atoms with Crippen molar-refractivity contribution in [1.29, 1.82) is 0 Å². The summed E-state index contributed by atoms with van der Waals surface area (Å²) >= 11 is 0. The predicted molar refractivity (Wildman–Crippen MR) is 55.5 cm³/mol. The molecule has 0 bridgehead atoms. The highest BCUT2D eigenvalue weighted by molar-refractivity contribution is 5.06. The van der Waals surface area contributed by atoms with E-state index in [-0.39, 0.29) is 6.10 Å². The van der Waals surface area contributed by atoms with Crippen molar-refractivity contribution in [3.63, 3.8) is 0 Å². The number of fused-ring (bicyclic) bond motifs is 2. The average Bonchev–Trinajstić information content (AvgIpc) is 2.67. The second-order valence-corrected chi connectivity index (χ2v) is 4.85. The van der Waals surface area contributed by atoms with Gasteiger partial charge in [0.2, 0.25) is 0 Å². The first-order chi connectivity index (χ1) is 7.30. The van der Waals surface area contributed by atoms with Crippen molar-refractivity contribution in [2.45, 2.75) is 37.6 Å². The van der Waals surface area contributed by atoms with E-state index in [0.717, 1.165) is 12.8 Å². The molecule has 2 saturated heterocycles. The van der Waals surface area contributed by atoms with Crippen molar-refractivity contribution in [3.05, 3.63) is 12.2 Å². The van der Waals surface area contributed by atoms with E-state index in [0.29, 0.717) is 25.7 Å². The van der Waals surface area contributed by atoms with Crippen LogP contribution < -0.4 is 0 Å². The quantitative estimate of drug-likeness (QED) is 0.571. The maximum atomic E-state index is 5.88. The summed E-state index contributed by atoms with van der Waals surface area (Å²) in [4.78, 5) is 0. The minimum atomic E-state index is -0.413. The van der Waals surface area contributed by atoms with Gasteiger partial charge in [-0.3, -0.25) is 0 Å². The molecule has 1 saturated carbocycles. The van der Waals surface area contributed by atoms with Gasteiger partial charge in [-0.05, 0) is 25.2 Å². The molecular formula is C12H18O3. The fraction of sp³-hybridized carbons (Fsp3) is 0.833. The zero-order chi connectivity index (χ0) is 10.3. The minimum Gasteiger partial charge on any atom is -0.368 e. The molecule has 3 nitrogen and oxygen atoms in total. The lowest BCUT2D eigenvalue weighted by atomic mass is 9.77. The van der Waals surface area contributed by atoms with Gasteiger partial charge in [0.1, 0.15) is 6.10 Å². The van der Waals surface area contributed by atoms with Crippen molar-refractivity contribution in [2.24, 2.45) is 5.92 Å². The molecule has 2 heterocycles. The van der Waals surface area contributed by atoms with E-state index in [9.17, 15) is 0 Å². The van der Waals surface area contributed by atoms with Crippen LogP contribution in [0, 0.1) is 5.92 Å². The Hall–Kier alpha value is -0.380. The van der Waals surface area contributed by atoms with Crippen molar-refractivity contribution in [3.8, 4) is 0 Å². The molecule has 84 valence electrons. The zero-order valence-electron chi connectivity index (χ0n) is 9.04. The van der Waals surface area contributed by atoms with E-state index in [2.05, 4.69) is 6.58 Å². The van der Waals surface area contributed by atoms with Gasteiger partial charge in [-0.15, -0.1) is 0 Å². The Morgan fingerprint density at radius 1 is 1.27 bits per heavy atom. The van der Waals surface area contributed by atoms with Crippen LogP contribution in [0.3, 0.4) is 0 Å². The summed E-state index contributed by atoms with van der Waals surface area (Å²) in [5.74, 6) is 0.141. The Labute approximate surface area is 90.4 Å². The maximum Gasteiger partial charge on any atom is 0.195 e. The van der Waals surface area contributed by atoms with Gasteiger partial charge >= 0.3 is 0 Å². The number of ether oxygens (including phenoxy) is 3. The Morgan fingerprint density at radius 3 is 2.87 bits per heavy atom. The van der Waals surface area contributed by atoms with Gasteiger partial charge in [0, 0.05) is 6.42 Å². The van der Waals surface area contributed by atoms with Gasteiger partial charge in [-0.2, -0.15) is 0 Å². The standard InChI is InChI=1S/C12H18O3/c1-9-7-10-3-2-4-12(11(10)13-8-9)14-5-6-15-12/h10-11H,1-8H2. The first-order valence-corrected chi connectivity index (χ1v) is 5.86. The second-order valence-electron chi connectivity index (χ2n) is 4.85. The van der Waals surface area contributed by atoms with E-state index >= 15 is 0 Å². The molecule has 15 heavy (non-hydrogen) atoms. The van der Waals surface area contributed by atoms with Crippen molar-refractivity contribution < 1.29 is 14.2 Å². The number of hydrogen-bond donors (Lipinski definition) is 0. The van der Waals surface area contributed by atoms with Crippen LogP contribution in [-0.4, -0.2) is 31.7 Å². The van der Waals surface area contributed by atoms with Crippen LogP contribution in [0.25, 0.3) is 0 Å². The molecule has 1 spiro atoms. The van der Waals surface area contributed by atoms with Crippen molar-refractivity contribution in [1.82, 2.24) is 0 Å². The minimum absolute atomic E-state index is 0.138. The largest absolute Gasteiger partial charge is 0.368 e. The molecule has 0 aromatic carbocycles. The third-order valence-electron chi connectivity index (χ3n) is 3.76. The van der Waals surface area contributed by atoms with Gasteiger partial charge in [0.05, 0.1) is 19.8 Å². The van der Waals surface area contributed by atoms with Crippen molar-refractivity contribution >= 4 is 0 Å². The molecule has 0 amide bonds. The summed E-state index contributed by atoms with van der Waals surface area (Å²) in [7, 11) is 0. The summed E-state index contributed by atoms with van der Waals surface area (Å²) in [6.07, 6.45) is 4.61. The summed E-state index contributed by atoms with van der Waals surface area (Å²) in [5, 5.41) is 0. The van der Waals surface area contributed by atoms with Crippen LogP contribution in [0.1, 0.15) is 25.7 Å². The molecule has 0 N–H and O–H groups in total. The molecule has 3 aliphatic rings. The summed E-state index contributed by atoms with van der Waals surface area (Å²) in [5.41, 5.74) is 1.21. The Bertz CT molecular complexity index is 268. The summed E-state index contributed by atoms with van der Waals surface area (Å²) < 4.78 is 17.5. The van der Waals surface area contributed by atoms with Gasteiger partial charge in [-0.25, -0.2) is 0 Å². The fourth-order valence-corrected chi connectivity index (χ4v) is 3.15. The maximum absolute atomic E-state index is 5.88. The van der Waals surface area contributed by atoms with Crippen molar-refractivity contribution in [2.75, 3.05) is 19.8 Å². The molecule has 0 radical (unpaired) electrons. The smallest absolute Gasteiger partial charge is 0.195 e. The van der Waals surface area contributed by atoms with Crippen LogP contribution in [0.4, 0.5) is 0 Å². The van der Waals surface area contributed by atoms with Crippen LogP contribution in [-0.2, 0) is 14.2 Å². The highest BCUT2D eigenvalue weighted by Crippen LogP contribution is 2.44. The van der Waals surface area contributed by atoms with Gasteiger partial charge in [0.25, 0.3) is 0 Å². The van der Waals surface area contributed by atoms with Gasteiger partial charge in [-0.1, -0.05) is 12.2 Å². The summed E-state index contributed by atoms with van der Waals surface area (Å²) in [6.45, 7) is 6.12. The van der Waals surface area contributed by atoms with Crippen LogP contribution in [0.15, 0.2) is 12.2 Å². The average molecular weight is 210 g/mol. The van der Waals surface area contributed by atoms with Crippen LogP contribution in [0.5, 0.6) is 0 Å². The fourth-order valence-electron chi connectivity index (χ4n) is 3.15.